The number of carbonyl (C=O) groups excluding carboxylic acids is 1. The Kier molecular flexibility index (Phi) is 5.49. The van der Waals surface area contributed by atoms with E-state index in [4.69, 9.17) is 11.6 Å². The van der Waals surface area contributed by atoms with E-state index in [1.54, 1.807) is 4.68 Å². The van der Waals surface area contributed by atoms with Crippen LogP contribution in [-0.4, -0.2) is 36.8 Å². The van der Waals surface area contributed by atoms with E-state index in [0.717, 1.165) is 25.7 Å². The number of carbonyl (C=O) groups is 1. The molecule has 1 amide bonds. The molecule has 0 saturated heterocycles. The van der Waals surface area contributed by atoms with Crippen molar-refractivity contribution in [1.29, 1.82) is 0 Å². The first-order chi connectivity index (χ1) is 12.0. The van der Waals surface area contributed by atoms with Crippen LogP contribution in [0, 0.1) is 10.1 Å². The summed E-state index contributed by atoms with van der Waals surface area (Å²) in [6, 6.07) is 4.37. The third-order valence-electron chi connectivity index (χ3n) is 3.90. The van der Waals surface area contributed by atoms with Crippen molar-refractivity contribution in [2.45, 2.75) is 36.9 Å². The summed E-state index contributed by atoms with van der Waals surface area (Å²) in [4.78, 5) is 22.6. The van der Waals surface area contributed by atoms with Crippen LogP contribution in [0.5, 0.6) is 0 Å². The monoisotopic (exact) mass is 382 g/mol. The lowest BCUT2D eigenvalue weighted by atomic mass is 10.2. The van der Waals surface area contributed by atoms with Crippen molar-refractivity contribution < 1.29 is 9.72 Å². The zero-order chi connectivity index (χ0) is 17.8. The number of aromatic nitrogens is 4. The number of anilines is 1. The van der Waals surface area contributed by atoms with E-state index in [9.17, 15) is 14.9 Å². The molecule has 1 heterocycles. The predicted octanol–water partition coefficient (Wildman–Crippen LogP) is 3.08. The first-order valence-electron chi connectivity index (χ1n) is 7.69. The average Bonchev–Trinajstić information content (AvgIpc) is 3.25. The highest BCUT2D eigenvalue weighted by atomic mass is 35.5. The van der Waals surface area contributed by atoms with Crippen molar-refractivity contribution >= 4 is 40.6 Å². The smallest absolute Gasteiger partial charge is 0.294 e. The molecule has 9 nitrogen and oxygen atoms in total. The normalized spacial score (nSPS) is 14.6. The minimum absolute atomic E-state index is 0.0485. The van der Waals surface area contributed by atoms with Gasteiger partial charge in [-0.05, 0) is 35.4 Å². The Bertz CT molecular complexity index is 793. The zero-order valence-electron chi connectivity index (χ0n) is 13.1. The molecule has 0 atom stereocenters. The van der Waals surface area contributed by atoms with Gasteiger partial charge in [0.15, 0.2) is 0 Å². The van der Waals surface area contributed by atoms with Crippen LogP contribution in [-0.2, 0) is 4.79 Å². The van der Waals surface area contributed by atoms with Crippen LogP contribution in [0.2, 0.25) is 5.02 Å². The van der Waals surface area contributed by atoms with Gasteiger partial charge in [-0.2, -0.15) is 0 Å². The Hall–Kier alpha value is -2.20. The number of benzene rings is 1. The van der Waals surface area contributed by atoms with Crippen molar-refractivity contribution in [2.75, 3.05) is 11.1 Å². The fourth-order valence-electron chi connectivity index (χ4n) is 2.74. The Morgan fingerprint density at radius 3 is 2.92 bits per heavy atom. The molecule has 0 aliphatic heterocycles. The SMILES string of the molecule is O=C(CSc1nnnn1C1CCCC1)Nc1ccc(Cl)cc1[N+](=O)[O-]. The van der Waals surface area contributed by atoms with Crippen LogP contribution < -0.4 is 5.32 Å². The van der Waals surface area contributed by atoms with Crippen molar-refractivity contribution in [2.24, 2.45) is 0 Å². The average molecular weight is 383 g/mol. The van der Waals surface area contributed by atoms with Crippen LogP contribution in [0.15, 0.2) is 23.4 Å². The number of amides is 1. The summed E-state index contributed by atoms with van der Waals surface area (Å²) >= 11 is 6.96. The highest BCUT2D eigenvalue weighted by molar-refractivity contribution is 7.99. The van der Waals surface area contributed by atoms with Gasteiger partial charge in [0.1, 0.15) is 5.69 Å². The molecule has 2 aromatic rings. The lowest BCUT2D eigenvalue weighted by Crippen LogP contribution is -2.16. The molecule has 1 aliphatic carbocycles. The van der Waals surface area contributed by atoms with Gasteiger partial charge in [-0.1, -0.05) is 36.2 Å². The third-order valence-corrected chi connectivity index (χ3v) is 5.06. The van der Waals surface area contributed by atoms with Gasteiger partial charge in [-0.25, -0.2) is 4.68 Å². The largest absolute Gasteiger partial charge is 0.320 e. The molecule has 11 heteroatoms. The summed E-state index contributed by atoms with van der Waals surface area (Å²) in [5.74, 6) is -0.330. The number of thioether (sulfide) groups is 1. The Labute approximate surface area is 152 Å². The van der Waals surface area contributed by atoms with E-state index in [0.29, 0.717) is 5.16 Å². The lowest BCUT2D eigenvalue weighted by molar-refractivity contribution is -0.383. The minimum Gasteiger partial charge on any atom is -0.320 e. The van der Waals surface area contributed by atoms with Gasteiger partial charge in [-0.15, -0.1) is 5.10 Å². The predicted molar refractivity (Wildman–Crippen MR) is 92.8 cm³/mol. The Morgan fingerprint density at radius 2 is 2.20 bits per heavy atom. The first-order valence-corrected chi connectivity index (χ1v) is 9.05. The fraction of sp³-hybridized carbons (Fsp3) is 0.429. The topological polar surface area (TPSA) is 116 Å². The molecule has 25 heavy (non-hydrogen) atoms. The molecule has 0 bridgehead atoms. The number of rotatable bonds is 6. The highest BCUT2D eigenvalue weighted by Gasteiger charge is 2.22. The number of nitro benzene ring substituents is 1. The van der Waals surface area contributed by atoms with Crippen LogP contribution in [0.25, 0.3) is 0 Å². The Morgan fingerprint density at radius 1 is 1.44 bits per heavy atom. The molecule has 1 saturated carbocycles. The maximum Gasteiger partial charge on any atom is 0.294 e. The second-order valence-electron chi connectivity index (χ2n) is 5.60. The standard InChI is InChI=1S/C14H15ClN6O3S/c15-9-5-6-11(12(7-9)21(23)24)16-13(22)8-25-14-17-18-19-20(14)10-3-1-2-4-10/h5-7,10H,1-4,8H2,(H,16,22). The number of nitrogens with one attached hydrogen (secondary N) is 1. The van der Waals surface area contributed by atoms with Gasteiger partial charge in [0.2, 0.25) is 11.1 Å². The molecular formula is C14H15ClN6O3S. The molecule has 132 valence electrons. The van der Waals surface area contributed by atoms with Crippen LogP contribution in [0.1, 0.15) is 31.7 Å². The second kappa shape index (κ2) is 7.79. The lowest BCUT2D eigenvalue weighted by Gasteiger charge is -2.10. The number of halogens is 1. The quantitative estimate of drug-likeness (QED) is 0.463. The number of hydrogen-bond acceptors (Lipinski definition) is 7. The van der Waals surface area contributed by atoms with Crippen LogP contribution >= 0.6 is 23.4 Å². The zero-order valence-corrected chi connectivity index (χ0v) is 14.7. The van der Waals surface area contributed by atoms with Crippen molar-refractivity contribution in [1.82, 2.24) is 20.2 Å². The molecule has 0 unspecified atom stereocenters. The number of nitro groups is 1. The third kappa shape index (κ3) is 4.26. The van der Waals surface area contributed by atoms with Crippen molar-refractivity contribution in [3.63, 3.8) is 0 Å². The van der Waals surface area contributed by atoms with Gasteiger partial charge >= 0.3 is 0 Å². The van der Waals surface area contributed by atoms with Gasteiger partial charge in [-0.3, -0.25) is 14.9 Å². The van der Waals surface area contributed by atoms with Crippen molar-refractivity contribution in [3.05, 3.63) is 33.3 Å². The molecular weight excluding hydrogens is 368 g/mol. The summed E-state index contributed by atoms with van der Waals surface area (Å²) in [6.07, 6.45) is 4.36. The van der Waals surface area contributed by atoms with E-state index in [2.05, 4.69) is 20.8 Å². The summed E-state index contributed by atoms with van der Waals surface area (Å²) < 4.78 is 1.76. The molecule has 1 aromatic heterocycles. The molecule has 3 rings (SSSR count). The van der Waals surface area contributed by atoms with Gasteiger partial charge in [0, 0.05) is 11.1 Å². The van der Waals surface area contributed by atoms with Gasteiger partial charge < -0.3 is 5.32 Å². The fourth-order valence-corrected chi connectivity index (χ4v) is 3.65. The molecule has 1 aliphatic rings. The molecule has 0 spiro atoms. The van der Waals surface area contributed by atoms with E-state index >= 15 is 0 Å². The second-order valence-corrected chi connectivity index (χ2v) is 6.98. The number of tetrazole rings is 1. The highest BCUT2D eigenvalue weighted by Crippen LogP contribution is 2.32. The molecule has 1 aromatic carbocycles. The van der Waals surface area contributed by atoms with Crippen LogP contribution in [0.4, 0.5) is 11.4 Å². The summed E-state index contributed by atoms with van der Waals surface area (Å²) in [5, 5.41) is 26.0. The van der Waals surface area contributed by atoms with E-state index in [-0.39, 0.29) is 34.1 Å². The minimum atomic E-state index is -0.588. The Balaban J connectivity index is 1.63. The van der Waals surface area contributed by atoms with E-state index in [1.807, 2.05) is 0 Å². The first kappa shape index (κ1) is 17.6. The summed E-state index contributed by atoms with van der Waals surface area (Å²) in [6.45, 7) is 0. The van der Waals surface area contributed by atoms with Gasteiger partial charge in [0.05, 0.1) is 16.7 Å². The van der Waals surface area contributed by atoms with Gasteiger partial charge in [0.25, 0.3) is 5.69 Å². The summed E-state index contributed by atoms with van der Waals surface area (Å²) in [7, 11) is 0. The van der Waals surface area contributed by atoms with Crippen molar-refractivity contribution in [3.8, 4) is 0 Å². The molecule has 1 fully saturated rings. The van der Waals surface area contributed by atoms with E-state index < -0.39 is 4.92 Å². The van der Waals surface area contributed by atoms with Crippen LogP contribution in [0.3, 0.4) is 0 Å². The van der Waals surface area contributed by atoms with E-state index in [1.165, 1.54) is 30.0 Å². The number of nitrogens with zero attached hydrogens (tertiary/aromatic N) is 5. The number of hydrogen-bond donors (Lipinski definition) is 1. The maximum atomic E-state index is 12.1. The molecule has 0 radical (unpaired) electrons. The molecule has 1 N–H and O–H groups in total. The maximum absolute atomic E-state index is 12.1. The summed E-state index contributed by atoms with van der Waals surface area (Å²) in [5.41, 5.74) is -0.142.